The molecule has 0 saturated carbocycles. The van der Waals surface area contributed by atoms with Crippen LogP contribution in [0.5, 0.6) is 0 Å². The number of aliphatic hydroxyl groups is 1. The fraction of sp³-hybridized carbons (Fsp3) is 0.333. The van der Waals surface area contributed by atoms with Gasteiger partial charge in [0.2, 0.25) is 0 Å². The second kappa shape index (κ2) is 2.92. The summed E-state index contributed by atoms with van der Waals surface area (Å²) >= 11 is 0. The van der Waals surface area contributed by atoms with Crippen LogP contribution in [0.2, 0.25) is 0 Å². The molecule has 1 aromatic carbocycles. The van der Waals surface area contributed by atoms with E-state index in [0.717, 1.165) is 10.9 Å². The van der Waals surface area contributed by atoms with Crippen LogP contribution in [0, 0.1) is 0 Å². The minimum Gasteiger partial charge on any atom is -0.386 e. The molecule has 0 aliphatic carbocycles. The first-order valence-electron chi connectivity index (χ1n) is 3.58. The van der Waals surface area contributed by atoms with E-state index >= 15 is 0 Å². The largest absolute Gasteiger partial charge is 0.386 e. The molecule has 0 fully saturated rings. The van der Waals surface area contributed by atoms with Gasteiger partial charge < -0.3 is 5.11 Å². The molecule has 1 rings (SSSR count). The molecule has 0 aliphatic heterocycles. The fourth-order valence-corrected chi connectivity index (χ4v) is 1.08. The van der Waals surface area contributed by atoms with Gasteiger partial charge in [-0.2, -0.15) is 0 Å². The van der Waals surface area contributed by atoms with Gasteiger partial charge >= 0.3 is 0 Å². The monoisotopic (exact) mass is 168 g/mol. The van der Waals surface area contributed by atoms with Gasteiger partial charge in [0.25, 0.3) is 0 Å². The third-order valence-electron chi connectivity index (χ3n) is 1.62. The standard InChI is InChI=1S/C9H13OP/c1-9(2,10)7-3-5-8(11)6-4-7/h3-6,10H,11H2,1-2H3. The van der Waals surface area contributed by atoms with Gasteiger partial charge in [-0.25, -0.2) is 0 Å². The molecule has 1 unspecified atom stereocenters. The number of rotatable bonds is 1. The van der Waals surface area contributed by atoms with E-state index in [9.17, 15) is 5.11 Å². The van der Waals surface area contributed by atoms with Gasteiger partial charge in [0.05, 0.1) is 5.60 Å². The van der Waals surface area contributed by atoms with Crippen molar-refractivity contribution in [2.75, 3.05) is 0 Å². The second-order valence-electron chi connectivity index (χ2n) is 3.18. The number of hydrogen-bond acceptors (Lipinski definition) is 1. The minimum absolute atomic E-state index is 0.724. The zero-order chi connectivity index (χ0) is 8.48. The molecule has 60 valence electrons. The quantitative estimate of drug-likeness (QED) is 0.629. The minimum atomic E-state index is -0.724. The first-order chi connectivity index (χ1) is 5.00. The van der Waals surface area contributed by atoms with E-state index < -0.39 is 5.60 Å². The molecule has 2 heteroatoms. The molecule has 1 N–H and O–H groups in total. The Balaban J connectivity index is 2.99. The molecule has 0 aliphatic rings. The summed E-state index contributed by atoms with van der Waals surface area (Å²) in [6.45, 7) is 3.57. The summed E-state index contributed by atoms with van der Waals surface area (Å²) in [5.74, 6) is 0. The van der Waals surface area contributed by atoms with E-state index in [0.29, 0.717) is 0 Å². The van der Waals surface area contributed by atoms with Gasteiger partial charge in [0.1, 0.15) is 0 Å². The van der Waals surface area contributed by atoms with Crippen molar-refractivity contribution < 1.29 is 5.11 Å². The summed E-state index contributed by atoms with van der Waals surface area (Å²) in [5.41, 5.74) is 0.224. The molecule has 11 heavy (non-hydrogen) atoms. The summed E-state index contributed by atoms with van der Waals surface area (Å²) in [6.07, 6.45) is 0. The van der Waals surface area contributed by atoms with Gasteiger partial charge in [-0.3, -0.25) is 0 Å². The molecule has 0 saturated heterocycles. The first-order valence-corrected chi connectivity index (χ1v) is 4.16. The Bertz CT molecular complexity index is 233. The van der Waals surface area contributed by atoms with Crippen molar-refractivity contribution in [1.29, 1.82) is 0 Å². The molecule has 0 bridgehead atoms. The maximum atomic E-state index is 9.57. The zero-order valence-electron chi connectivity index (χ0n) is 6.83. The first kappa shape index (κ1) is 8.70. The zero-order valence-corrected chi connectivity index (χ0v) is 7.99. The highest BCUT2D eigenvalue weighted by atomic mass is 31.0. The SMILES string of the molecule is CC(C)(O)c1ccc(P)cc1. The van der Waals surface area contributed by atoms with E-state index in [-0.39, 0.29) is 0 Å². The van der Waals surface area contributed by atoms with Crippen molar-refractivity contribution in [1.82, 2.24) is 0 Å². The summed E-state index contributed by atoms with van der Waals surface area (Å²) in [4.78, 5) is 0. The molecule has 0 spiro atoms. The van der Waals surface area contributed by atoms with Gasteiger partial charge in [-0.05, 0) is 24.7 Å². The smallest absolute Gasteiger partial charge is 0.0840 e. The number of hydrogen-bond donors (Lipinski definition) is 1. The maximum Gasteiger partial charge on any atom is 0.0840 e. The van der Waals surface area contributed by atoms with Crippen LogP contribution in [-0.4, -0.2) is 5.11 Å². The van der Waals surface area contributed by atoms with Crippen LogP contribution in [0.4, 0.5) is 0 Å². The lowest BCUT2D eigenvalue weighted by molar-refractivity contribution is 0.0786. The van der Waals surface area contributed by atoms with Gasteiger partial charge in [0.15, 0.2) is 0 Å². The number of benzene rings is 1. The highest BCUT2D eigenvalue weighted by Crippen LogP contribution is 2.17. The van der Waals surface area contributed by atoms with Crippen LogP contribution in [0.3, 0.4) is 0 Å². The van der Waals surface area contributed by atoms with Gasteiger partial charge in [0, 0.05) is 0 Å². The van der Waals surface area contributed by atoms with Crippen LogP contribution < -0.4 is 5.30 Å². The third-order valence-corrected chi connectivity index (χ3v) is 2.00. The topological polar surface area (TPSA) is 20.2 Å². The summed E-state index contributed by atoms with van der Waals surface area (Å²) < 4.78 is 0. The Hall–Kier alpha value is -0.390. The summed E-state index contributed by atoms with van der Waals surface area (Å²) in [7, 11) is 2.61. The molecule has 0 aromatic heterocycles. The Morgan fingerprint density at radius 2 is 1.64 bits per heavy atom. The molecule has 0 radical (unpaired) electrons. The van der Waals surface area contributed by atoms with Crippen LogP contribution in [0.25, 0.3) is 0 Å². The van der Waals surface area contributed by atoms with Crippen molar-refractivity contribution in [2.24, 2.45) is 0 Å². The van der Waals surface area contributed by atoms with Gasteiger partial charge in [-0.15, -0.1) is 9.24 Å². The summed E-state index contributed by atoms with van der Waals surface area (Å²) in [6, 6.07) is 7.81. The third kappa shape index (κ3) is 2.28. The molecule has 0 heterocycles. The fourth-order valence-electron chi connectivity index (χ4n) is 0.891. The van der Waals surface area contributed by atoms with Crippen LogP contribution in [-0.2, 0) is 5.60 Å². The maximum absolute atomic E-state index is 9.57. The average Bonchev–Trinajstić information content (AvgIpc) is 1.86. The van der Waals surface area contributed by atoms with Crippen molar-refractivity contribution in [3.05, 3.63) is 29.8 Å². The van der Waals surface area contributed by atoms with Crippen molar-refractivity contribution >= 4 is 14.5 Å². The van der Waals surface area contributed by atoms with Crippen LogP contribution in [0.1, 0.15) is 19.4 Å². The van der Waals surface area contributed by atoms with Crippen LogP contribution in [0.15, 0.2) is 24.3 Å². The molecule has 0 amide bonds. The molecule has 1 atom stereocenters. The predicted octanol–water partition coefficient (Wildman–Crippen LogP) is 1.41. The molecule has 1 aromatic rings. The van der Waals surface area contributed by atoms with Crippen molar-refractivity contribution in [2.45, 2.75) is 19.4 Å². The lowest BCUT2D eigenvalue weighted by atomic mass is 9.99. The Morgan fingerprint density at radius 1 is 1.18 bits per heavy atom. The van der Waals surface area contributed by atoms with Crippen molar-refractivity contribution in [3.63, 3.8) is 0 Å². The molecule has 1 nitrogen and oxygen atoms in total. The average molecular weight is 168 g/mol. The highest BCUT2D eigenvalue weighted by molar-refractivity contribution is 7.27. The lowest BCUT2D eigenvalue weighted by Gasteiger charge is -2.17. The van der Waals surface area contributed by atoms with E-state index in [1.165, 1.54) is 0 Å². The molecular weight excluding hydrogens is 155 g/mol. The lowest BCUT2D eigenvalue weighted by Crippen LogP contribution is -2.15. The van der Waals surface area contributed by atoms with Crippen LogP contribution >= 0.6 is 9.24 Å². The highest BCUT2D eigenvalue weighted by Gasteiger charge is 2.14. The molecular formula is C9H13OP. The Labute approximate surface area is 69.7 Å². The predicted molar refractivity (Wildman–Crippen MR) is 51.0 cm³/mol. The van der Waals surface area contributed by atoms with E-state index in [4.69, 9.17) is 0 Å². The van der Waals surface area contributed by atoms with Gasteiger partial charge in [-0.1, -0.05) is 24.3 Å². The normalized spacial score (nSPS) is 11.6. The van der Waals surface area contributed by atoms with Crippen molar-refractivity contribution in [3.8, 4) is 0 Å². The van der Waals surface area contributed by atoms with E-state index in [1.54, 1.807) is 13.8 Å². The summed E-state index contributed by atoms with van der Waals surface area (Å²) in [5, 5.41) is 10.7. The Kier molecular flexibility index (Phi) is 2.31. The second-order valence-corrected chi connectivity index (χ2v) is 3.85. The van der Waals surface area contributed by atoms with E-state index in [1.807, 2.05) is 24.3 Å². The Morgan fingerprint density at radius 3 is 2.00 bits per heavy atom. The van der Waals surface area contributed by atoms with E-state index in [2.05, 4.69) is 9.24 Å².